The molecule has 0 aliphatic carbocycles. The Kier molecular flexibility index (Phi) is 6.04. The Hall–Kier alpha value is 0.01000. The molecule has 3 heteroatoms. The molecule has 0 amide bonds. The van der Waals surface area contributed by atoms with Gasteiger partial charge in [0, 0.05) is 18.0 Å². The second-order valence-corrected chi connectivity index (χ2v) is 7.23. The lowest BCUT2D eigenvalue weighted by Crippen LogP contribution is -2.35. The number of hydrogen-bond acceptors (Lipinski definition) is 3. The molecular weight excluding hydrogens is 246 g/mol. The van der Waals surface area contributed by atoms with Gasteiger partial charge in [0.1, 0.15) is 0 Å². The molecule has 1 atom stereocenters. The smallest absolute Gasteiger partial charge is 0.00579 e. The highest BCUT2D eigenvalue weighted by Gasteiger charge is 2.24. The number of rotatable bonds is 6. The maximum atomic E-state index is 4.49. The summed E-state index contributed by atoms with van der Waals surface area (Å²) in [5.74, 6) is 1.62. The quantitative estimate of drug-likeness (QED) is 0.770. The van der Waals surface area contributed by atoms with E-state index in [0.717, 1.165) is 25.3 Å². The number of hydrogen-bond donors (Lipinski definition) is 1. The van der Waals surface area contributed by atoms with Crippen molar-refractivity contribution in [1.29, 1.82) is 0 Å². The SMILES string of the molecule is CN(CCc1cccs1)CC(CS)C(C)(C)C. The van der Waals surface area contributed by atoms with Crippen LogP contribution in [0.25, 0.3) is 0 Å². The molecule has 0 aliphatic rings. The van der Waals surface area contributed by atoms with Crippen LogP contribution in [-0.2, 0) is 6.42 Å². The number of thiol groups is 1. The molecule has 0 bridgehead atoms. The molecule has 0 aliphatic heterocycles. The molecule has 0 saturated carbocycles. The van der Waals surface area contributed by atoms with Gasteiger partial charge < -0.3 is 4.90 Å². The van der Waals surface area contributed by atoms with Gasteiger partial charge in [-0.1, -0.05) is 26.8 Å². The first-order chi connectivity index (χ1) is 7.93. The van der Waals surface area contributed by atoms with Crippen molar-refractivity contribution in [3.05, 3.63) is 22.4 Å². The third-order valence-corrected chi connectivity index (χ3v) is 4.67. The van der Waals surface area contributed by atoms with Gasteiger partial charge in [-0.3, -0.25) is 0 Å². The minimum Gasteiger partial charge on any atom is -0.306 e. The van der Waals surface area contributed by atoms with E-state index < -0.39 is 0 Å². The van der Waals surface area contributed by atoms with E-state index in [-0.39, 0.29) is 0 Å². The molecule has 1 unspecified atom stereocenters. The summed E-state index contributed by atoms with van der Waals surface area (Å²) in [4.78, 5) is 3.92. The van der Waals surface area contributed by atoms with Crippen molar-refractivity contribution in [3.8, 4) is 0 Å². The van der Waals surface area contributed by atoms with Crippen LogP contribution in [0.3, 0.4) is 0 Å². The second kappa shape index (κ2) is 6.81. The minimum absolute atomic E-state index is 0.346. The highest BCUT2D eigenvalue weighted by Crippen LogP contribution is 2.27. The average molecular weight is 271 g/mol. The van der Waals surface area contributed by atoms with Gasteiger partial charge in [-0.2, -0.15) is 12.6 Å². The van der Waals surface area contributed by atoms with Gasteiger partial charge in [0.25, 0.3) is 0 Å². The van der Waals surface area contributed by atoms with Gasteiger partial charge in [0.2, 0.25) is 0 Å². The second-order valence-electron chi connectivity index (χ2n) is 5.84. The zero-order valence-corrected chi connectivity index (χ0v) is 13.2. The summed E-state index contributed by atoms with van der Waals surface area (Å²) >= 11 is 6.34. The van der Waals surface area contributed by atoms with Crippen molar-refractivity contribution in [2.75, 3.05) is 25.9 Å². The molecule has 17 heavy (non-hydrogen) atoms. The van der Waals surface area contributed by atoms with Crippen molar-refractivity contribution in [1.82, 2.24) is 4.90 Å². The Labute approximate surface area is 116 Å². The van der Waals surface area contributed by atoms with E-state index in [4.69, 9.17) is 0 Å². The largest absolute Gasteiger partial charge is 0.306 e. The van der Waals surface area contributed by atoms with E-state index >= 15 is 0 Å². The first-order valence-electron chi connectivity index (χ1n) is 6.25. The van der Waals surface area contributed by atoms with Crippen molar-refractivity contribution in [2.45, 2.75) is 27.2 Å². The lowest BCUT2D eigenvalue weighted by atomic mass is 9.81. The lowest BCUT2D eigenvalue weighted by molar-refractivity contribution is 0.188. The molecule has 0 N–H and O–H groups in total. The van der Waals surface area contributed by atoms with Gasteiger partial charge in [0.15, 0.2) is 0 Å². The molecule has 0 radical (unpaired) electrons. The van der Waals surface area contributed by atoms with Crippen LogP contribution >= 0.6 is 24.0 Å². The van der Waals surface area contributed by atoms with Crippen LogP contribution in [0.2, 0.25) is 0 Å². The van der Waals surface area contributed by atoms with Crippen LogP contribution in [0.5, 0.6) is 0 Å². The number of nitrogens with zero attached hydrogens (tertiary/aromatic N) is 1. The zero-order valence-electron chi connectivity index (χ0n) is 11.4. The van der Waals surface area contributed by atoms with Crippen molar-refractivity contribution < 1.29 is 0 Å². The molecule has 1 rings (SSSR count). The average Bonchev–Trinajstić information content (AvgIpc) is 2.74. The van der Waals surface area contributed by atoms with Crippen molar-refractivity contribution in [2.24, 2.45) is 11.3 Å². The highest BCUT2D eigenvalue weighted by atomic mass is 32.1. The summed E-state index contributed by atoms with van der Waals surface area (Å²) < 4.78 is 0. The molecule has 1 heterocycles. The van der Waals surface area contributed by atoms with Crippen molar-refractivity contribution in [3.63, 3.8) is 0 Å². The topological polar surface area (TPSA) is 3.24 Å². The summed E-state index contributed by atoms with van der Waals surface area (Å²) in [5, 5.41) is 2.15. The van der Waals surface area contributed by atoms with Crippen LogP contribution < -0.4 is 0 Å². The van der Waals surface area contributed by atoms with Gasteiger partial charge >= 0.3 is 0 Å². The zero-order chi connectivity index (χ0) is 12.9. The maximum Gasteiger partial charge on any atom is 0.00579 e. The minimum atomic E-state index is 0.346. The van der Waals surface area contributed by atoms with Crippen LogP contribution in [0.4, 0.5) is 0 Å². The monoisotopic (exact) mass is 271 g/mol. The Morgan fingerprint density at radius 2 is 2.12 bits per heavy atom. The fraction of sp³-hybridized carbons (Fsp3) is 0.714. The predicted molar refractivity (Wildman–Crippen MR) is 82.3 cm³/mol. The van der Waals surface area contributed by atoms with Gasteiger partial charge in [-0.25, -0.2) is 0 Å². The standard InChI is InChI=1S/C14H25NS2/c1-14(2,3)12(11-16)10-15(4)8-7-13-6-5-9-17-13/h5-6,9,12,16H,7-8,10-11H2,1-4H3. The molecule has 0 aromatic carbocycles. The Morgan fingerprint density at radius 1 is 1.41 bits per heavy atom. The van der Waals surface area contributed by atoms with Crippen LogP contribution in [0, 0.1) is 11.3 Å². The lowest BCUT2D eigenvalue weighted by Gasteiger charge is -2.33. The summed E-state index contributed by atoms with van der Waals surface area (Å²) in [6, 6.07) is 4.35. The first-order valence-corrected chi connectivity index (χ1v) is 7.76. The molecule has 0 saturated heterocycles. The van der Waals surface area contributed by atoms with E-state index in [1.807, 2.05) is 11.3 Å². The Bertz CT molecular complexity index is 301. The van der Waals surface area contributed by atoms with Crippen LogP contribution in [0.1, 0.15) is 25.6 Å². The summed E-state index contributed by atoms with van der Waals surface area (Å²) in [7, 11) is 2.22. The van der Waals surface area contributed by atoms with E-state index in [2.05, 4.69) is 62.9 Å². The third-order valence-electron chi connectivity index (χ3n) is 3.30. The molecule has 1 aromatic rings. The van der Waals surface area contributed by atoms with E-state index in [0.29, 0.717) is 11.3 Å². The van der Waals surface area contributed by atoms with Gasteiger partial charge in [-0.05, 0) is 42.0 Å². The first kappa shape index (κ1) is 15.1. The molecule has 98 valence electrons. The normalized spacial score (nSPS) is 14.2. The van der Waals surface area contributed by atoms with E-state index in [1.165, 1.54) is 4.88 Å². The molecule has 0 spiro atoms. The Balaban J connectivity index is 2.35. The number of thiophene rings is 1. The molecule has 0 fully saturated rings. The summed E-state index contributed by atoms with van der Waals surface area (Å²) in [6.45, 7) is 9.20. The van der Waals surface area contributed by atoms with Gasteiger partial charge in [-0.15, -0.1) is 11.3 Å². The molecular formula is C14H25NS2. The van der Waals surface area contributed by atoms with E-state index in [9.17, 15) is 0 Å². The summed E-state index contributed by atoms with van der Waals surface area (Å²) in [5.41, 5.74) is 0.346. The third kappa shape index (κ3) is 5.45. The molecule has 1 aromatic heterocycles. The summed E-state index contributed by atoms with van der Waals surface area (Å²) in [6.07, 6.45) is 1.16. The Morgan fingerprint density at radius 3 is 2.59 bits per heavy atom. The van der Waals surface area contributed by atoms with Crippen LogP contribution in [-0.4, -0.2) is 30.8 Å². The fourth-order valence-electron chi connectivity index (χ4n) is 1.83. The molecule has 1 nitrogen and oxygen atoms in total. The van der Waals surface area contributed by atoms with Gasteiger partial charge in [0.05, 0.1) is 0 Å². The fourth-order valence-corrected chi connectivity index (χ4v) is 3.19. The van der Waals surface area contributed by atoms with Crippen LogP contribution in [0.15, 0.2) is 17.5 Å². The predicted octanol–water partition coefficient (Wildman–Crippen LogP) is 3.81. The van der Waals surface area contributed by atoms with Crippen molar-refractivity contribution >= 4 is 24.0 Å². The highest BCUT2D eigenvalue weighted by molar-refractivity contribution is 7.80. The van der Waals surface area contributed by atoms with E-state index in [1.54, 1.807) is 0 Å². The number of likely N-dealkylation sites (N-methyl/N-ethyl adjacent to an activating group) is 1. The maximum absolute atomic E-state index is 4.49.